The molecular formula is C11H19N3O. The molecule has 84 valence electrons. The maximum Gasteiger partial charge on any atom is 0.321 e. The second kappa shape index (κ2) is 4.66. The Morgan fingerprint density at radius 2 is 1.93 bits per heavy atom. The van der Waals surface area contributed by atoms with E-state index in [0.717, 1.165) is 32.1 Å². The smallest absolute Gasteiger partial charge is 0.321 e. The molecule has 0 atom stereocenters. The third-order valence-electron chi connectivity index (χ3n) is 2.99. The van der Waals surface area contributed by atoms with Crippen LogP contribution in [-0.4, -0.2) is 49.1 Å². The number of allylic oxidation sites excluding steroid dienone is 1. The van der Waals surface area contributed by atoms with Crippen molar-refractivity contribution < 1.29 is 4.79 Å². The topological polar surface area (TPSA) is 35.6 Å². The molecule has 2 rings (SSSR count). The SMILES string of the molecule is CN1CCN(C(=O)N/C=C/C2CC2)CC1. The average Bonchev–Trinajstić information content (AvgIpc) is 3.02. The van der Waals surface area contributed by atoms with E-state index in [4.69, 9.17) is 0 Å². The van der Waals surface area contributed by atoms with Gasteiger partial charge >= 0.3 is 6.03 Å². The van der Waals surface area contributed by atoms with Gasteiger partial charge in [0.25, 0.3) is 0 Å². The van der Waals surface area contributed by atoms with Crippen LogP contribution in [0.2, 0.25) is 0 Å². The standard InChI is InChI=1S/C11H19N3O/c1-13-6-8-14(9-7-13)11(15)12-5-4-10-2-3-10/h4-5,10H,2-3,6-9H2,1H3,(H,12,15)/b5-4+. The van der Waals surface area contributed by atoms with E-state index in [9.17, 15) is 4.79 Å². The summed E-state index contributed by atoms with van der Waals surface area (Å²) in [5.74, 6) is 0.720. The third kappa shape index (κ3) is 3.23. The molecule has 4 heteroatoms. The zero-order valence-electron chi connectivity index (χ0n) is 9.28. The van der Waals surface area contributed by atoms with E-state index in [2.05, 4.69) is 23.3 Å². The maximum atomic E-state index is 11.7. The number of nitrogens with zero attached hydrogens (tertiary/aromatic N) is 2. The van der Waals surface area contributed by atoms with Crippen LogP contribution in [0.15, 0.2) is 12.3 Å². The highest BCUT2D eigenvalue weighted by atomic mass is 16.2. The van der Waals surface area contributed by atoms with Crippen LogP contribution < -0.4 is 5.32 Å². The van der Waals surface area contributed by atoms with Gasteiger partial charge in [0.05, 0.1) is 0 Å². The fourth-order valence-corrected chi connectivity index (χ4v) is 1.64. The quantitative estimate of drug-likeness (QED) is 0.732. The summed E-state index contributed by atoms with van der Waals surface area (Å²) >= 11 is 0. The van der Waals surface area contributed by atoms with Crippen molar-refractivity contribution in [3.05, 3.63) is 12.3 Å². The highest BCUT2D eigenvalue weighted by molar-refractivity contribution is 5.75. The monoisotopic (exact) mass is 209 g/mol. The van der Waals surface area contributed by atoms with Crippen LogP contribution in [0.1, 0.15) is 12.8 Å². The number of urea groups is 1. The van der Waals surface area contributed by atoms with Crippen LogP contribution >= 0.6 is 0 Å². The Bertz CT molecular complexity index is 253. The molecule has 0 radical (unpaired) electrons. The number of nitrogens with one attached hydrogen (secondary N) is 1. The molecule has 0 aromatic heterocycles. The second-order valence-electron chi connectivity index (χ2n) is 4.44. The van der Waals surface area contributed by atoms with Crippen LogP contribution in [0.4, 0.5) is 4.79 Å². The van der Waals surface area contributed by atoms with E-state index in [1.54, 1.807) is 6.20 Å². The Hall–Kier alpha value is -1.03. The van der Waals surface area contributed by atoms with Crippen molar-refractivity contribution in [2.24, 2.45) is 5.92 Å². The van der Waals surface area contributed by atoms with Crippen LogP contribution in [-0.2, 0) is 0 Å². The average molecular weight is 209 g/mol. The summed E-state index contributed by atoms with van der Waals surface area (Å²) in [6, 6.07) is 0.0417. The summed E-state index contributed by atoms with van der Waals surface area (Å²) in [5, 5.41) is 2.83. The maximum absolute atomic E-state index is 11.7. The Labute approximate surface area is 90.9 Å². The molecule has 0 bridgehead atoms. The van der Waals surface area contributed by atoms with Gasteiger partial charge in [-0.05, 0) is 25.8 Å². The van der Waals surface area contributed by atoms with E-state index in [0.29, 0.717) is 0 Å². The molecule has 4 nitrogen and oxygen atoms in total. The van der Waals surface area contributed by atoms with Gasteiger partial charge in [0.1, 0.15) is 0 Å². The summed E-state index contributed by atoms with van der Waals surface area (Å²) in [7, 11) is 2.09. The largest absolute Gasteiger partial charge is 0.322 e. The predicted molar refractivity (Wildman–Crippen MR) is 59.5 cm³/mol. The number of carbonyl (C=O) groups is 1. The number of likely N-dealkylation sites (N-methyl/N-ethyl adjacent to an activating group) is 1. The first-order valence-electron chi connectivity index (χ1n) is 5.66. The minimum absolute atomic E-state index is 0.0417. The van der Waals surface area contributed by atoms with Crippen LogP contribution in [0.5, 0.6) is 0 Å². The summed E-state index contributed by atoms with van der Waals surface area (Å²) in [5.41, 5.74) is 0. The number of amides is 2. The fourth-order valence-electron chi connectivity index (χ4n) is 1.64. The molecule has 1 saturated heterocycles. The van der Waals surface area contributed by atoms with Crippen molar-refractivity contribution in [2.45, 2.75) is 12.8 Å². The lowest BCUT2D eigenvalue weighted by Gasteiger charge is -2.31. The van der Waals surface area contributed by atoms with E-state index >= 15 is 0 Å². The molecule has 0 spiro atoms. The molecule has 1 aliphatic heterocycles. The molecule has 1 aliphatic carbocycles. The summed E-state index contributed by atoms with van der Waals surface area (Å²) in [6.45, 7) is 3.61. The first-order chi connectivity index (χ1) is 7.25. The molecule has 15 heavy (non-hydrogen) atoms. The number of carbonyl (C=O) groups excluding carboxylic acids is 1. The molecule has 2 fully saturated rings. The van der Waals surface area contributed by atoms with Gasteiger partial charge in [-0.25, -0.2) is 4.79 Å². The van der Waals surface area contributed by atoms with Gasteiger partial charge < -0.3 is 15.1 Å². The molecular weight excluding hydrogens is 190 g/mol. The lowest BCUT2D eigenvalue weighted by molar-refractivity contribution is 0.157. The molecule has 1 heterocycles. The molecule has 2 amide bonds. The van der Waals surface area contributed by atoms with Gasteiger partial charge in [0.15, 0.2) is 0 Å². The molecule has 0 unspecified atom stereocenters. The van der Waals surface area contributed by atoms with Gasteiger partial charge in [-0.15, -0.1) is 0 Å². The summed E-state index contributed by atoms with van der Waals surface area (Å²) < 4.78 is 0. The number of piperazine rings is 1. The number of hydrogen-bond acceptors (Lipinski definition) is 2. The lowest BCUT2D eigenvalue weighted by Crippen LogP contribution is -2.49. The van der Waals surface area contributed by atoms with Crippen LogP contribution in [0.3, 0.4) is 0 Å². The molecule has 2 aliphatic rings. The molecule has 1 saturated carbocycles. The summed E-state index contributed by atoms with van der Waals surface area (Å²) in [6.07, 6.45) is 6.45. The van der Waals surface area contributed by atoms with Gasteiger partial charge in [-0.3, -0.25) is 0 Å². The molecule has 0 aromatic carbocycles. The Balaban J connectivity index is 1.70. The number of rotatable bonds is 2. The second-order valence-corrected chi connectivity index (χ2v) is 4.44. The molecule has 1 N–H and O–H groups in total. The van der Waals surface area contributed by atoms with Crippen LogP contribution in [0, 0.1) is 5.92 Å². The minimum atomic E-state index is 0.0417. The zero-order valence-corrected chi connectivity index (χ0v) is 9.28. The van der Waals surface area contributed by atoms with E-state index in [-0.39, 0.29) is 6.03 Å². The third-order valence-corrected chi connectivity index (χ3v) is 2.99. The Morgan fingerprint density at radius 1 is 1.27 bits per heavy atom. The summed E-state index contributed by atoms with van der Waals surface area (Å²) in [4.78, 5) is 15.8. The Morgan fingerprint density at radius 3 is 2.53 bits per heavy atom. The predicted octanol–water partition coefficient (Wildman–Crippen LogP) is 0.867. The van der Waals surface area contributed by atoms with E-state index in [1.165, 1.54) is 12.8 Å². The first kappa shape index (κ1) is 10.5. The van der Waals surface area contributed by atoms with Gasteiger partial charge in [-0.2, -0.15) is 0 Å². The van der Waals surface area contributed by atoms with Crippen LogP contribution in [0.25, 0.3) is 0 Å². The molecule has 0 aromatic rings. The van der Waals surface area contributed by atoms with Gasteiger partial charge in [-0.1, -0.05) is 6.08 Å². The van der Waals surface area contributed by atoms with Crippen molar-refractivity contribution >= 4 is 6.03 Å². The van der Waals surface area contributed by atoms with E-state index in [1.807, 2.05) is 4.90 Å². The number of hydrogen-bond donors (Lipinski definition) is 1. The van der Waals surface area contributed by atoms with Gasteiger partial charge in [0.2, 0.25) is 0 Å². The van der Waals surface area contributed by atoms with Crippen molar-refractivity contribution in [1.29, 1.82) is 0 Å². The van der Waals surface area contributed by atoms with Crippen molar-refractivity contribution in [3.8, 4) is 0 Å². The van der Waals surface area contributed by atoms with Crippen molar-refractivity contribution in [2.75, 3.05) is 33.2 Å². The van der Waals surface area contributed by atoms with E-state index < -0.39 is 0 Å². The highest BCUT2D eigenvalue weighted by Gasteiger charge is 2.19. The fraction of sp³-hybridized carbons (Fsp3) is 0.727. The normalized spacial score (nSPS) is 23.4. The lowest BCUT2D eigenvalue weighted by atomic mass is 10.3. The van der Waals surface area contributed by atoms with Gasteiger partial charge in [0, 0.05) is 32.4 Å². The minimum Gasteiger partial charge on any atom is -0.322 e. The van der Waals surface area contributed by atoms with Crippen molar-refractivity contribution in [3.63, 3.8) is 0 Å². The first-order valence-corrected chi connectivity index (χ1v) is 5.66. The van der Waals surface area contributed by atoms with Crippen molar-refractivity contribution in [1.82, 2.24) is 15.1 Å². The Kier molecular flexibility index (Phi) is 3.26. The zero-order chi connectivity index (χ0) is 10.7. The highest BCUT2D eigenvalue weighted by Crippen LogP contribution is 2.29.